The van der Waals surface area contributed by atoms with Gasteiger partial charge in [-0.3, -0.25) is 9.59 Å². The van der Waals surface area contributed by atoms with Crippen LogP contribution in [-0.2, 0) is 9.59 Å². The summed E-state index contributed by atoms with van der Waals surface area (Å²) in [6, 6.07) is -0.221. The molecule has 0 bridgehead atoms. The highest BCUT2D eigenvalue weighted by atomic mass is 16.1. The SMILES string of the molecule is CNC(CCC(=O)C(C)(C)C)C(=O)C(C)(C)C. The first kappa shape index (κ1) is 16.3. The first-order chi connectivity index (χ1) is 7.50. The number of likely N-dealkylation sites (N-methyl/N-ethyl adjacent to an activating group) is 1. The second kappa shape index (κ2) is 5.76. The zero-order chi connectivity index (χ0) is 13.9. The summed E-state index contributed by atoms with van der Waals surface area (Å²) in [5.74, 6) is 0.376. The molecule has 0 aromatic carbocycles. The van der Waals surface area contributed by atoms with Crippen molar-refractivity contribution < 1.29 is 9.59 Å². The summed E-state index contributed by atoms with van der Waals surface area (Å²) < 4.78 is 0. The van der Waals surface area contributed by atoms with E-state index in [1.54, 1.807) is 7.05 Å². The summed E-state index contributed by atoms with van der Waals surface area (Å²) in [5, 5.41) is 3.01. The van der Waals surface area contributed by atoms with Gasteiger partial charge >= 0.3 is 0 Å². The molecule has 0 saturated heterocycles. The Balaban J connectivity index is 4.45. The number of hydrogen-bond acceptors (Lipinski definition) is 3. The third-order valence-corrected chi connectivity index (χ3v) is 2.90. The maximum atomic E-state index is 12.1. The van der Waals surface area contributed by atoms with Crippen molar-refractivity contribution in [1.29, 1.82) is 0 Å². The highest BCUT2D eigenvalue weighted by Gasteiger charge is 2.30. The Bertz CT molecular complexity index is 282. The minimum atomic E-state index is -0.363. The zero-order valence-electron chi connectivity index (χ0n) is 12.3. The lowest BCUT2D eigenvalue weighted by Gasteiger charge is -2.25. The third kappa shape index (κ3) is 5.44. The fourth-order valence-electron chi connectivity index (χ4n) is 1.58. The molecule has 1 atom stereocenters. The van der Waals surface area contributed by atoms with Gasteiger partial charge in [-0.1, -0.05) is 41.5 Å². The molecule has 0 saturated carbocycles. The number of ketones is 2. The normalized spacial score (nSPS) is 14.5. The molecule has 0 amide bonds. The lowest BCUT2D eigenvalue weighted by molar-refractivity contribution is -0.129. The first-order valence-electron chi connectivity index (χ1n) is 6.25. The Kier molecular flexibility index (Phi) is 5.53. The number of carbonyl (C=O) groups is 2. The number of carbonyl (C=O) groups excluding carboxylic acids is 2. The maximum absolute atomic E-state index is 12.1. The number of rotatable bonds is 5. The summed E-state index contributed by atoms with van der Waals surface area (Å²) in [6.07, 6.45) is 1.04. The zero-order valence-corrected chi connectivity index (χ0v) is 12.3. The quantitative estimate of drug-likeness (QED) is 0.804. The molecule has 0 spiro atoms. The van der Waals surface area contributed by atoms with E-state index in [1.165, 1.54) is 0 Å². The van der Waals surface area contributed by atoms with Crippen LogP contribution in [0.2, 0.25) is 0 Å². The van der Waals surface area contributed by atoms with E-state index < -0.39 is 0 Å². The van der Waals surface area contributed by atoms with E-state index in [4.69, 9.17) is 0 Å². The smallest absolute Gasteiger partial charge is 0.155 e. The second-order valence-electron chi connectivity index (χ2n) is 6.67. The van der Waals surface area contributed by atoms with E-state index in [1.807, 2.05) is 41.5 Å². The molecule has 0 aromatic heterocycles. The molecule has 0 aromatic rings. The van der Waals surface area contributed by atoms with Crippen LogP contribution in [-0.4, -0.2) is 24.7 Å². The van der Waals surface area contributed by atoms with Crippen LogP contribution >= 0.6 is 0 Å². The predicted molar refractivity (Wildman–Crippen MR) is 71.0 cm³/mol. The molecular formula is C14H27NO2. The van der Waals surface area contributed by atoms with Crippen LogP contribution in [0.25, 0.3) is 0 Å². The summed E-state index contributed by atoms with van der Waals surface area (Å²) in [5.41, 5.74) is -0.679. The van der Waals surface area contributed by atoms with Gasteiger partial charge in [-0.25, -0.2) is 0 Å². The molecule has 3 heteroatoms. The molecule has 0 radical (unpaired) electrons. The summed E-state index contributed by atoms with van der Waals surface area (Å²) in [7, 11) is 1.77. The van der Waals surface area contributed by atoms with Crippen LogP contribution in [0.4, 0.5) is 0 Å². The van der Waals surface area contributed by atoms with Crippen LogP contribution in [0.15, 0.2) is 0 Å². The molecule has 17 heavy (non-hydrogen) atoms. The van der Waals surface area contributed by atoms with E-state index in [9.17, 15) is 9.59 Å². The van der Waals surface area contributed by atoms with Gasteiger partial charge in [-0.05, 0) is 13.5 Å². The van der Waals surface area contributed by atoms with Crippen molar-refractivity contribution in [3.63, 3.8) is 0 Å². The van der Waals surface area contributed by atoms with Crippen molar-refractivity contribution in [2.75, 3.05) is 7.05 Å². The van der Waals surface area contributed by atoms with Crippen molar-refractivity contribution in [3.8, 4) is 0 Å². The van der Waals surface area contributed by atoms with Crippen molar-refractivity contribution in [2.45, 2.75) is 60.4 Å². The van der Waals surface area contributed by atoms with Crippen LogP contribution in [0.3, 0.4) is 0 Å². The van der Waals surface area contributed by atoms with Gasteiger partial charge in [0.25, 0.3) is 0 Å². The molecule has 1 N–H and O–H groups in total. The number of nitrogens with one attached hydrogen (secondary N) is 1. The van der Waals surface area contributed by atoms with Crippen molar-refractivity contribution >= 4 is 11.6 Å². The Morgan fingerprint density at radius 1 is 1.00 bits per heavy atom. The molecule has 0 aliphatic heterocycles. The molecule has 1 unspecified atom stereocenters. The van der Waals surface area contributed by atoms with Gasteiger partial charge in [-0.15, -0.1) is 0 Å². The Labute approximate surface area is 105 Å². The molecule has 0 aliphatic carbocycles. The van der Waals surface area contributed by atoms with Crippen LogP contribution in [0, 0.1) is 10.8 Å². The van der Waals surface area contributed by atoms with Crippen molar-refractivity contribution in [3.05, 3.63) is 0 Å². The van der Waals surface area contributed by atoms with E-state index in [0.29, 0.717) is 12.8 Å². The molecule has 3 nitrogen and oxygen atoms in total. The van der Waals surface area contributed by atoms with Crippen LogP contribution in [0.5, 0.6) is 0 Å². The molecule has 0 rings (SSSR count). The largest absolute Gasteiger partial charge is 0.311 e. The molecule has 0 heterocycles. The van der Waals surface area contributed by atoms with E-state index in [2.05, 4.69) is 5.32 Å². The summed E-state index contributed by atoms with van der Waals surface area (Å²) in [4.78, 5) is 23.9. The van der Waals surface area contributed by atoms with Gasteiger partial charge in [0, 0.05) is 17.3 Å². The van der Waals surface area contributed by atoms with Gasteiger partial charge in [0.1, 0.15) is 5.78 Å². The summed E-state index contributed by atoms with van der Waals surface area (Å²) in [6.45, 7) is 11.5. The highest BCUT2D eigenvalue weighted by Crippen LogP contribution is 2.22. The van der Waals surface area contributed by atoms with Gasteiger partial charge in [-0.2, -0.15) is 0 Å². The molecule has 0 fully saturated rings. The van der Waals surface area contributed by atoms with E-state index in [0.717, 1.165) is 0 Å². The predicted octanol–water partition coefficient (Wildman–Crippen LogP) is 2.59. The lowest BCUT2D eigenvalue weighted by atomic mass is 9.82. The van der Waals surface area contributed by atoms with Gasteiger partial charge in [0.15, 0.2) is 5.78 Å². The Morgan fingerprint density at radius 3 is 1.76 bits per heavy atom. The van der Waals surface area contributed by atoms with Crippen molar-refractivity contribution in [2.24, 2.45) is 10.8 Å². The van der Waals surface area contributed by atoms with Crippen LogP contribution in [0.1, 0.15) is 54.4 Å². The molecule has 0 aliphatic rings. The standard InChI is InChI=1S/C14H27NO2/c1-13(2,3)11(16)9-8-10(15-7)12(17)14(4,5)6/h10,15H,8-9H2,1-7H3. The topological polar surface area (TPSA) is 46.2 Å². The van der Waals surface area contributed by atoms with Crippen molar-refractivity contribution in [1.82, 2.24) is 5.32 Å². The highest BCUT2D eigenvalue weighted by molar-refractivity contribution is 5.90. The average molecular weight is 241 g/mol. The van der Waals surface area contributed by atoms with Gasteiger partial charge in [0.2, 0.25) is 0 Å². The molecule has 100 valence electrons. The van der Waals surface area contributed by atoms with Crippen LogP contribution < -0.4 is 5.32 Å². The van der Waals surface area contributed by atoms with E-state index >= 15 is 0 Å². The lowest BCUT2D eigenvalue weighted by Crippen LogP contribution is -2.41. The Hall–Kier alpha value is -0.700. The Morgan fingerprint density at radius 2 is 1.47 bits per heavy atom. The third-order valence-electron chi connectivity index (χ3n) is 2.90. The first-order valence-corrected chi connectivity index (χ1v) is 6.25. The monoisotopic (exact) mass is 241 g/mol. The fourth-order valence-corrected chi connectivity index (χ4v) is 1.58. The van der Waals surface area contributed by atoms with Gasteiger partial charge < -0.3 is 5.32 Å². The molecular weight excluding hydrogens is 214 g/mol. The van der Waals surface area contributed by atoms with E-state index in [-0.39, 0.29) is 28.4 Å². The summed E-state index contributed by atoms with van der Waals surface area (Å²) >= 11 is 0. The second-order valence-corrected chi connectivity index (χ2v) is 6.67. The number of hydrogen-bond donors (Lipinski definition) is 1. The maximum Gasteiger partial charge on any atom is 0.155 e. The minimum Gasteiger partial charge on any atom is -0.311 e. The fraction of sp³-hybridized carbons (Fsp3) is 0.857. The number of Topliss-reactive ketones (excluding diaryl/α,β-unsaturated/α-hetero) is 2. The van der Waals surface area contributed by atoms with Gasteiger partial charge in [0.05, 0.1) is 6.04 Å². The average Bonchev–Trinajstić information content (AvgIpc) is 2.15. The minimum absolute atomic E-state index is 0.168.